The fourth-order valence-electron chi connectivity index (χ4n) is 5.86. The Kier molecular flexibility index (Phi) is 47.0. The van der Waals surface area contributed by atoms with Gasteiger partial charge >= 0.3 is 7.82 Å². The Morgan fingerprint density at radius 1 is 0.431 bits per heavy atom. The molecule has 0 saturated heterocycles. The van der Waals surface area contributed by atoms with Crippen molar-refractivity contribution in [1.29, 1.82) is 0 Å². The lowest BCUT2D eigenvalue weighted by molar-refractivity contribution is 0.136. The second kappa shape index (κ2) is 45.6. The molecule has 0 aliphatic carbocycles. The molecular formula is C42H86NO7P. The van der Waals surface area contributed by atoms with E-state index in [0.717, 1.165) is 38.5 Å². The first-order chi connectivity index (χ1) is 25.0. The molecule has 51 heavy (non-hydrogen) atoms. The van der Waals surface area contributed by atoms with Gasteiger partial charge in [0.05, 0.1) is 33.0 Å². The summed E-state index contributed by atoms with van der Waals surface area (Å²) in [6.45, 7) is 6.91. The molecule has 306 valence electrons. The van der Waals surface area contributed by atoms with Crippen molar-refractivity contribution < 1.29 is 33.8 Å². The van der Waals surface area contributed by atoms with Crippen LogP contribution in [0.5, 0.6) is 0 Å². The summed E-state index contributed by atoms with van der Waals surface area (Å²) >= 11 is 0. The zero-order valence-corrected chi connectivity index (χ0v) is 34.6. The SMILES string of the molecule is CCCCCCCCC=CCCCCCCCCOP(=O)(O)OCCCCCCCCC=CCCCCCCCC.OCCN(CCO)CCO. The summed E-state index contributed by atoms with van der Waals surface area (Å²) in [5.41, 5.74) is 0. The van der Waals surface area contributed by atoms with Gasteiger partial charge in [0.1, 0.15) is 0 Å². The average Bonchev–Trinajstić information content (AvgIpc) is 3.11. The van der Waals surface area contributed by atoms with Gasteiger partial charge in [-0.2, -0.15) is 0 Å². The fourth-order valence-corrected chi connectivity index (χ4v) is 6.65. The standard InChI is InChI=1S/C36H71O4P.C6H15NO3/c1-3-5-7-9-11-13-15-17-19-21-23-25-27-29-31-33-35-39-41(37,38)40-36-34-32-30-28-26-24-22-20-18-16-14-12-10-8-6-4-2;8-4-1-7(2-5-9)3-6-10/h17-20H,3-16,21-36H2,1-2H3,(H,37,38);8-10H,1-6H2. The summed E-state index contributed by atoms with van der Waals surface area (Å²) < 4.78 is 22.3. The largest absolute Gasteiger partial charge is 0.472 e. The van der Waals surface area contributed by atoms with Crippen molar-refractivity contribution in [1.82, 2.24) is 4.90 Å². The van der Waals surface area contributed by atoms with Crippen LogP contribution in [0.3, 0.4) is 0 Å². The maximum absolute atomic E-state index is 12.0. The van der Waals surface area contributed by atoms with Gasteiger partial charge in [0, 0.05) is 19.6 Å². The quantitative estimate of drug-likeness (QED) is 0.0278. The van der Waals surface area contributed by atoms with Crippen LogP contribution in [0.15, 0.2) is 24.3 Å². The number of aliphatic hydroxyl groups is 3. The summed E-state index contributed by atoms with van der Waals surface area (Å²) in [5, 5.41) is 25.5. The molecule has 4 N–H and O–H groups in total. The molecular weight excluding hydrogens is 661 g/mol. The number of hydrogen-bond acceptors (Lipinski definition) is 7. The van der Waals surface area contributed by atoms with E-state index in [1.165, 1.54) is 141 Å². The van der Waals surface area contributed by atoms with Crippen LogP contribution < -0.4 is 0 Å². The molecule has 0 aromatic rings. The molecule has 0 aliphatic heterocycles. The first-order valence-electron chi connectivity index (χ1n) is 21.4. The Balaban J connectivity index is 0. The van der Waals surface area contributed by atoms with Crippen LogP contribution in [0, 0.1) is 0 Å². The lowest BCUT2D eigenvalue weighted by Crippen LogP contribution is -2.32. The molecule has 0 fully saturated rings. The number of unbranched alkanes of at least 4 members (excludes halogenated alkanes) is 24. The molecule has 0 aromatic heterocycles. The number of nitrogens with zero attached hydrogens (tertiary/aromatic N) is 1. The summed E-state index contributed by atoms with van der Waals surface area (Å²) in [6.07, 6.45) is 44.3. The Morgan fingerprint density at radius 2 is 0.686 bits per heavy atom. The topological polar surface area (TPSA) is 120 Å². The van der Waals surface area contributed by atoms with Gasteiger partial charge < -0.3 is 20.2 Å². The van der Waals surface area contributed by atoms with Gasteiger partial charge in [-0.3, -0.25) is 13.9 Å². The van der Waals surface area contributed by atoms with Gasteiger partial charge in [-0.25, -0.2) is 4.57 Å². The average molecular weight is 748 g/mol. The molecule has 0 radical (unpaired) electrons. The minimum Gasteiger partial charge on any atom is -0.395 e. The minimum absolute atomic E-state index is 0.0694. The Labute approximate surface area is 316 Å². The highest BCUT2D eigenvalue weighted by molar-refractivity contribution is 7.47. The highest BCUT2D eigenvalue weighted by Crippen LogP contribution is 2.43. The third-order valence-electron chi connectivity index (χ3n) is 9.07. The minimum atomic E-state index is -3.89. The highest BCUT2D eigenvalue weighted by Gasteiger charge is 2.19. The van der Waals surface area contributed by atoms with E-state index in [1.54, 1.807) is 4.90 Å². The van der Waals surface area contributed by atoms with Gasteiger partial charge in [-0.1, -0.05) is 154 Å². The van der Waals surface area contributed by atoms with E-state index < -0.39 is 7.82 Å². The summed E-state index contributed by atoms with van der Waals surface area (Å²) in [6, 6.07) is 0. The molecule has 0 atom stereocenters. The Bertz CT molecular complexity index is 690. The van der Waals surface area contributed by atoms with Gasteiger partial charge in [-0.15, -0.1) is 0 Å². The number of hydrogen-bond donors (Lipinski definition) is 4. The molecule has 0 aromatic carbocycles. The number of aliphatic hydroxyl groups excluding tert-OH is 3. The molecule has 0 bridgehead atoms. The van der Waals surface area contributed by atoms with Crippen LogP contribution in [0.2, 0.25) is 0 Å². The predicted octanol–water partition coefficient (Wildman–Crippen LogP) is 11.5. The number of allylic oxidation sites excluding steroid dienone is 4. The van der Waals surface area contributed by atoms with Gasteiger partial charge in [-0.05, 0) is 64.2 Å². The Hall–Kier alpha value is -0.570. The number of phosphoric acid groups is 1. The molecule has 8 nitrogen and oxygen atoms in total. The van der Waals surface area contributed by atoms with Crippen molar-refractivity contribution in [3.63, 3.8) is 0 Å². The molecule has 0 aliphatic rings. The van der Waals surface area contributed by atoms with E-state index in [0.29, 0.717) is 32.8 Å². The number of phosphoric ester groups is 1. The van der Waals surface area contributed by atoms with E-state index in [2.05, 4.69) is 38.2 Å². The maximum atomic E-state index is 12.0. The van der Waals surface area contributed by atoms with Gasteiger partial charge in [0.2, 0.25) is 0 Å². The summed E-state index contributed by atoms with van der Waals surface area (Å²) in [5.74, 6) is 0. The van der Waals surface area contributed by atoms with Crippen LogP contribution in [0.1, 0.15) is 194 Å². The number of rotatable bonds is 40. The van der Waals surface area contributed by atoms with E-state index >= 15 is 0 Å². The van der Waals surface area contributed by atoms with Crippen molar-refractivity contribution >= 4 is 7.82 Å². The first-order valence-corrected chi connectivity index (χ1v) is 22.9. The molecule has 0 spiro atoms. The van der Waals surface area contributed by atoms with Gasteiger partial charge in [0.25, 0.3) is 0 Å². The third-order valence-corrected chi connectivity index (χ3v) is 10.1. The second-order valence-corrected chi connectivity index (χ2v) is 15.5. The van der Waals surface area contributed by atoms with Crippen LogP contribution in [0.25, 0.3) is 0 Å². The van der Waals surface area contributed by atoms with Crippen molar-refractivity contribution in [2.75, 3.05) is 52.7 Å². The van der Waals surface area contributed by atoms with Crippen LogP contribution in [0.4, 0.5) is 0 Å². The van der Waals surface area contributed by atoms with E-state index in [9.17, 15) is 9.46 Å². The lowest BCUT2D eigenvalue weighted by atomic mass is 10.1. The van der Waals surface area contributed by atoms with Crippen molar-refractivity contribution in [3.8, 4) is 0 Å². The van der Waals surface area contributed by atoms with Crippen molar-refractivity contribution in [2.24, 2.45) is 0 Å². The lowest BCUT2D eigenvalue weighted by Gasteiger charge is -2.17. The zero-order valence-electron chi connectivity index (χ0n) is 33.7. The molecule has 0 unspecified atom stereocenters. The van der Waals surface area contributed by atoms with Crippen molar-refractivity contribution in [2.45, 2.75) is 194 Å². The van der Waals surface area contributed by atoms with Crippen molar-refractivity contribution in [3.05, 3.63) is 24.3 Å². The van der Waals surface area contributed by atoms with Crippen LogP contribution in [-0.2, 0) is 13.6 Å². The summed E-state index contributed by atoms with van der Waals surface area (Å²) in [4.78, 5) is 11.7. The van der Waals surface area contributed by atoms with E-state index in [1.807, 2.05) is 0 Å². The molecule has 0 heterocycles. The molecule has 9 heteroatoms. The van der Waals surface area contributed by atoms with Crippen LogP contribution in [-0.4, -0.2) is 77.8 Å². The molecule has 0 rings (SSSR count). The molecule has 0 amide bonds. The Morgan fingerprint density at radius 3 is 0.961 bits per heavy atom. The van der Waals surface area contributed by atoms with Gasteiger partial charge in [0.15, 0.2) is 0 Å². The highest BCUT2D eigenvalue weighted by atomic mass is 31.2. The molecule has 0 saturated carbocycles. The predicted molar refractivity (Wildman–Crippen MR) is 218 cm³/mol. The van der Waals surface area contributed by atoms with Crippen LogP contribution >= 0.6 is 7.82 Å². The smallest absolute Gasteiger partial charge is 0.395 e. The zero-order chi connectivity index (χ0) is 37.8. The fraction of sp³-hybridized carbons (Fsp3) is 0.905. The maximum Gasteiger partial charge on any atom is 0.472 e. The first kappa shape index (κ1) is 52.5. The summed E-state index contributed by atoms with van der Waals surface area (Å²) in [7, 11) is -3.89. The van der Waals surface area contributed by atoms with E-state index in [4.69, 9.17) is 24.4 Å². The monoisotopic (exact) mass is 748 g/mol. The second-order valence-electron chi connectivity index (χ2n) is 14.0. The van der Waals surface area contributed by atoms with E-state index in [-0.39, 0.29) is 19.8 Å². The normalized spacial score (nSPS) is 13.0. The third kappa shape index (κ3) is 47.4.